The minimum absolute atomic E-state index is 0.110. The number of hydrogen-bond acceptors (Lipinski definition) is 3. The van der Waals surface area contributed by atoms with Crippen LogP contribution in [-0.4, -0.2) is 18.3 Å². The Labute approximate surface area is 147 Å². The minimum Gasteiger partial charge on any atom is -0.495 e. The average molecular weight is 401 g/mol. The second-order valence-corrected chi connectivity index (χ2v) is 7.20. The van der Waals surface area contributed by atoms with Crippen LogP contribution in [0, 0.1) is 0 Å². The fourth-order valence-corrected chi connectivity index (χ4v) is 3.42. The van der Waals surface area contributed by atoms with Crippen LogP contribution in [-0.2, 0) is 4.79 Å². The first-order chi connectivity index (χ1) is 10.5. The molecule has 2 rings (SSSR count). The van der Waals surface area contributed by atoms with Gasteiger partial charge in [-0.15, -0.1) is 11.8 Å². The van der Waals surface area contributed by atoms with E-state index in [2.05, 4.69) is 21.2 Å². The highest BCUT2D eigenvalue weighted by Gasteiger charge is 2.17. The Morgan fingerprint density at radius 1 is 1.32 bits per heavy atom. The third-order valence-corrected chi connectivity index (χ3v) is 5.30. The molecule has 3 nitrogen and oxygen atoms in total. The molecule has 2 aromatic rings. The van der Waals surface area contributed by atoms with Crippen LogP contribution in [0.1, 0.15) is 6.92 Å². The molecular formula is C16H15BrClNO2S. The van der Waals surface area contributed by atoms with E-state index in [4.69, 9.17) is 16.3 Å². The lowest BCUT2D eigenvalue weighted by atomic mass is 10.3. The smallest absolute Gasteiger partial charge is 0.237 e. The molecule has 0 spiro atoms. The molecular weight excluding hydrogens is 386 g/mol. The van der Waals surface area contributed by atoms with Crippen LogP contribution in [0.15, 0.2) is 51.8 Å². The highest BCUT2D eigenvalue weighted by molar-refractivity contribution is 9.10. The van der Waals surface area contributed by atoms with Crippen molar-refractivity contribution in [3.05, 3.63) is 52.0 Å². The second-order valence-electron chi connectivity index (χ2n) is 4.52. The summed E-state index contributed by atoms with van der Waals surface area (Å²) >= 11 is 10.9. The quantitative estimate of drug-likeness (QED) is 0.698. The first kappa shape index (κ1) is 17.2. The highest BCUT2D eigenvalue weighted by Crippen LogP contribution is 2.32. The maximum Gasteiger partial charge on any atom is 0.237 e. The third-order valence-electron chi connectivity index (χ3n) is 2.93. The second kappa shape index (κ2) is 7.90. The van der Waals surface area contributed by atoms with Crippen LogP contribution in [0.4, 0.5) is 5.69 Å². The summed E-state index contributed by atoms with van der Waals surface area (Å²) in [5.41, 5.74) is 0.569. The summed E-state index contributed by atoms with van der Waals surface area (Å²) in [6.45, 7) is 1.86. The number of ether oxygens (including phenoxy) is 1. The number of methoxy groups -OCH3 is 1. The zero-order valence-corrected chi connectivity index (χ0v) is 15.3. The van der Waals surface area contributed by atoms with Crippen molar-refractivity contribution in [2.24, 2.45) is 0 Å². The van der Waals surface area contributed by atoms with Gasteiger partial charge in [-0.05, 0) is 53.2 Å². The van der Waals surface area contributed by atoms with E-state index in [1.54, 1.807) is 25.3 Å². The molecule has 0 saturated carbocycles. The van der Waals surface area contributed by atoms with Gasteiger partial charge in [-0.25, -0.2) is 0 Å². The summed E-state index contributed by atoms with van der Waals surface area (Å²) in [5.74, 6) is 0.470. The topological polar surface area (TPSA) is 38.3 Å². The predicted molar refractivity (Wildman–Crippen MR) is 96.1 cm³/mol. The molecule has 0 aliphatic rings. The summed E-state index contributed by atoms with van der Waals surface area (Å²) in [6.07, 6.45) is 0. The minimum atomic E-state index is -0.262. The molecule has 1 amide bonds. The average Bonchev–Trinajstić information content (AvgIpc) is 2.49. The molecule has 0 aromatic heterocycles. The van der Waals surface area contributed by atoms with Crippen LogP contribution >= 0.6 is 39.3 Å². The van der Waals surface area contributed by atoms with E-state index in [1.807, 2.05) is 31.2 Å². The largest absolute Gasteiger partial charge is 0.495 e. The number of thioether (sulfide) groups is 1. The molecule has 1 N–H and O–H groups in total. The van der Waals surface area contributed by atoms with Crippen LogP contribution < -0.4 is 10.1 Å². The van der Waals surface area contributed by atoms with E-state index in [0.29, 0.717) is 16.5 Å². The van der Waals surface area contributed by atoms with E-state index >= 15 is 0 Å². The van der Waals surface area contributed by atoms with Gasteiger partial charge in [0.25, 0.3) is 0 Å². The molecule has 1 atom stereocenters. The maximum absolute atomic E-state index is 12.4. The van der Waals surface area contributed by atoms with Gasteiger partial charge < -0.3 is 10.1 Å². The van der Waals surface area contributed by atoms with Crippen molar-refractivity contribution in [1.82, 2.24) is 0 Å². The lowest BCUT2D eigenvalue weighted by Crippen LogP contribution is -2.22. The molecule has 0 saturated heterocycles. The van der Waals surface area contributed by atoms with Crippen LogP contribution in [0.3, 0.4) is 0 Å². The Bertz CT molecular complexity index is 681. The van der Waals surface area contributed by atoms with Gasteiger partial charge in [0.1, 0.15) is 5.75 Å². The van der Waals surface area contributed by atoms with Gasteiger partial charge in [0, 0.05) is 14.4 Å². The number of carbonyl (C=O) groups is 1. The lowest BCUT2D eigenvalue weighted by Gasteiger charge is -2.15. The molecule has 0 aliphatic carbocycles. The van der Waals surface area contributed by atoms with Crippen LogP contribution in [0.5, 0.6) is 5.75 Å². The standard InChI is InChI=1S/C16H15BrClNO2S/c1-10(22-15-6-4-3-5-12(15)17)16(20)19-13-9-11(18)7-8-14(13)21-2/h3-10H,1-2H3,(H,19,20)/t10-/m0/s1. The van der Waals surface area contributed by atoms with Gasteiger partial charge in [-0.1, -0.05) is 23.7 Å². The number of benzene rings is 2. The first-order valence-corrected chi connectivity index (χ1v) is 8.62. The molecule has 0 aliphatic heterocycles. The van der Waals surface area contributed by atoms with E-state index < -0.39 is 0 Å². The highest BCUT2D eigenvalue weighted by atomic mass is 79.9. The summed E-state index contributed by atoms with van der Waals surface area (Å²) in [4.78, 5) is 13.4. The fraction of sp³-hybridized carbons (Fsp3) is 0.188. The number of carbonyl (C=O) groups excluding carboxylic acids is 1. The molecule has 6 heteroatoms. The maximum atomic E-state index is 12.4. The number of rotatable bonds is 5. The van der Waals surface area contributed by atoms with E-state index in [-0.39, 0.29) is 11.2 Å². The van der Waals surface area contributed by atoms with Gasteiger partial charge in [-0.2, -0.15) is 0 Å². The molecule has 0 unspecified atom stereocenters. The monoisotopic (exact) mass is 399 g/mol. The third kappa shape index (κ3) is 4.41. The molecule has 2 aromatic carbocycles. The van der Waals surface area contributed by atoms with E-state index in [9.17, 15) is 4.79 Å². The summed E-state index contributed by atoms with van der Waals surface area (Å²) in [7, 11) is 1.55. The van der Waals surface area contributed by atoms with Crippen molar-refractivity contribution in [3.63, 3.8) is 0 Å². The Balaban J connectivity index is 2.09. The van der Waals surface area contributed by atoms with Gasteiger partial charge >= 0.3 is 0 Å². The Hall–Kier alpha value is -1.17. The van der Waals surface area contributed by atoms with Crippen molar-refractivity contribution in [2.45, 2.75) is 17.1 Å². The number of nitrogens with one attached hydrogen (secondary N) is 1. The van der Waals surface area contributed by atoms with Gasteiger partial charge in [-0.3, -0.25) is 4.79 Å². The fourth-order valence-electron chi connectivity index (χ4n) is 1.80. The molecule has 116 valence electrons. The van der Waals surface area contributed by atoms with Crippen molar-refractivity contribution in [3.8, 4) is 5.75 Å². The zero-order valence-electron chi connectivity index (χ0n) is 12.1. The van der Waals surface area contributed by atoms with E-state index in [1.165, 1.54) is 11.8 Å². The van der Waals surface area contributed by atoms with Crippen molar-refractivity contribution < 1.29 is 9.53 Å². The SMILES string of the molecule is COc1ccc(Cl)cc1NC(=O)[C@H](C)Sc1ccccc1Br. The predicted octanol–water partition coefficient (Wildman–Crippen LogP) is 5.23. The number of hydrogen-bond donors (Lipinski definition) is 1. The Morgan fingerprint density at radius 2 is 2.05 bits per heavy atom. The van der Waals surface area contributed by atoms with E-state index in [0.717, 1.165) is 9.37 Å². The Morgan fingerprint density at radius 3 is 2.73 bits per heavy atom. The lowest BCUT2D eigenvalue weighted by molar-refractivity contribution is -0.115. The van der Waals surface area contributed by atoms with Crippen molar-refractivity contribution in [2.75, 3.05) is 12.4 Å². The molecule has 0 radical (unpaired) electrons. The molecule has 0 fully saturated rings. The summed E-state index contributed by atoms with van der Waals surface area (Å²) < 4.78 is 6.20. The molecule has 0 heterocycles. The van der Waals surface area contributed by atoms with Gasteiger partial charge in [0.15, 0.2) is 0 Å². The number of halogens is 2. The van der Waals surface area contributed by atoms with Crippen molar-refractivity contribution >= 4 is 50.9 Å². The van der Waals surface area contributed by atoms with Gasteiger partial charge in [0.2, 0.25) is 5.91 Å². The number of amides is 1. The summed E-state index contributed by atoms with van der Waals surface area (Å²) in [6, 6.07) is 12.9. The Kier molecular flexibility index (Phi) is 6.17. The first-order valence-electron chi connectivity index (χ1n) is 6.57. The molecule has 0 bridgehead atoms. The molecule has 22 heavy (non-hydrogen) atoms. The summed E-state index contributed by atoms with van der Waals surface area (Å²) in [5, 5.41) is 3.14. The normalized spacial score (nSPS) is 11.8. The number of anilines is 1. The zero-order chi connectivity index (χ0) is 16.1. The van der Waals surface area contributed by atoms with Crippen molar-refractivity contribution in [1.29, 1.82) is 0 Å². The van der Waals surface area contributed by atoms with Gasteiger partial charge in [0.05, 0.1) is 18.0 Å². The van der Waals surface area contributed by atoms with Crippen LogP contribution in [0.2, 0.25) is 5.02 Å². The van der Waals surface area contributed by atoms with Crippen LogP contribution in [0.25, 0.3) is 0 Å².